The minimum atomic E-state index is 0.731. The van der Waals surface area contributed by atoms with E-state index in [1.807, 2.05) is 0 Å². The van der Waals surface area contributed by atoms with Crippen LogP contribution in [0.15, 0.2) is 11.8 Å². The number of nitrogens with zero attached hydrogens (tertiary/aromatic N) is 3. The van der Waals surface area contributed by atoms with Gasteiger partial charge >= 0.3 is 0 Å². The van der Waals surface area contributed by atoms with Gasteiger partial charge in [-0.3, -0.25) is 0 Å². The molecule has 0 bridgehead atoms. The molecule has 3 nitrogen and oxygen atoms in total. The number of thiazole rings is 1. The summed E-state index contributed by atoms with van der Waals surface area (Å²) in [4.78, 5) is 11.6. The molecule has 0 amide bonds. The highest BCUT2D eigenvalue weighted by Gasteiger charge is 1.93. The Morgan fingerprint density at radius 3 is 3.33 bits per heavy atom. The summed E-state index contributed by atoms with van der Waals surface area (Å²) in [6.45, 7) is 0. The van der Waals surface area contributed by atoms with Crippen LogP contribution < -0.4 is 0 Å². The third-order valence-electron chi connectivity index (χ3n) is 0.952. The fourth-order valence-corrected chi connectivity index (χ4v) is 1.15. The summed E-state index contributed by atoms with van der Waals surface area (Å²) in [7, 11) is 0. The Morgan fingerprint density at radius 1 is 1.44 bits per heavy atom. The topological polar surface area (TPSA) is 38.7 Å². The molecule has 0 spiro atoms. The van der Waals surface area contributed by atoms with Gasteiger partial charge in [-0.25, -0.2) is 15.0 Å². The lowest BCUT2D eigenvalue weighted by Crippen LogP contribution is -1.75. The molecule has 9 heavy (non-hydrogen) atoms. The average molecular weight is 136 g/mol. The standard InChI is InChI=1S/C5H2N3S/c1-4-5(7-2-6-1)8-3-9-4/h2-3H. The van der Waals surface area contributed by atoms with Crippen molar-refractivity contribution >= 4 is 21.7 Å². The van der Waals surface area contributed by atoms with Crippen molar-refractivity contribution in [2.45, 2.75) is 0 Å². The summed E-state index contributed by atoms with van der Waals surface area (Å²) in [5.74, 6) is 0. The SMILES string of the molecule is [c]1ncnc2ncsc12. The summed E-state index contributed by atoms with van der Waals surface area (Å²) in [6.07, 6.45) is 4.22. The predicted octanol–water partition coefficient (Wildman–Crippen LogP) is 0.886. The van der Waals surface area contributed by atoms with Crippen LogP contribution in [0, 0.1) is 6.20 Å². The van der Waals surface area contributed by atoms with Crippen LogP contribution in [0.1, 0.15) is 0 Å². The number of rotatable bonds is 0. The summed E-state index contributed by atoms with van der Waals surface area (Å²) in [6, 6.07) is 0. The summed E-state index contributed by atoms with van der Waals surface area (Å²) < 4.78 is 0.914. The highest BCUT2D eigenvalue weighted by atomic mass is 32.1. The average Bonchev–Trinajstić information content (AvgIpc) is 2.33. The first-order valence-electron chi connectivity index (χ1n) is 2.39. The van der Waals surface area contributed by atoms with Gasteiger partial charge in [0.1, 0.15) is 17.2 Å². The van der Waals surface area contributed by atoms with E-state index in [0.29, 0.717) is 0 Å². The van der Waals surface area contributed by atoms with Gasteiger partial charge in [0, 0.05) is 0 Å². The fourth-order valence-electron chi connectivity index (χ4n) is 0.580. The zero-order valence-corrected chi connectivity index (χ0v) is 5.22. The highest BCUT2D eigenvalue weighted by Crippen LogP contribution is 2.10. The number of hydrogen-bond acceptors (Lipinski definition) is 4. The van der Waals surface area contributed by atoms with Gasteiger partial charge in [-0.05, 0) is 0 Å². The van der Waals surface area contributed by atoms with Crippen LogP contribution in [0.5, 0.6) is 0 Å². The third-order valence-corrected chi connectivity index (χ3v) is 1.67. The number of hydrogen-bond donors (Lipinski definition) is 0. The molecule has 2 aromatic rings. The van der Waals surface area contributed by atoms with E-state index < -0.39 is 0 Å². The summed E-state index contributed by atoms with van der Waals surface area (Å²) in [5.41, 5.74) is 2.46. The van der Waals surface area contributed by atoms with Gasteiger partial charge in [-0.1, -0.05) is 0 Å². The Morgan fingerprint density at radius 2 is 2.44 bits per heavy atom. The first-order valence-corrected chi connectivity index (χ1v) is 3.26. The van der Waals surface area contributed by atoms with Gasteiger partial charge in [0.05, 0.1) is 5.51 Å². The van der Waals surface area contributed by atoms with Crippen molar-refractivity contribution in [3.63, 3.8) is 0 Å². The van der Waals surface area contributed by atoms with Crippen molar-refractivity contribution in [2.75, 3.05) is 0 Å². The molecule has 0 aliphatic rings. The lowest BCUT2D eigenvalue weighted by atomic mass is 10.6. The van der Waals surface area contributed by atoms with E-state index in [1.165, 1.54) is 17.7 Å². The van der Waals surface area contributed by atoms with Crippen LogP contribution in [-0.2, 0) is 0 Å². The predicted molar refractivity (Wildman–Crippen MR) is 34.0 cm³/mol. The maximum atomic E-state index is 3.95. The molecule has 0 atom stereocenters. The molecular weight excluding hydrogens is 134 g/mol. The highest BCUT2D eigenvalue weighted by molar-refractivity contribution is 7.16. The molecule has 0 aliphatic carbocycles. The number of aromatic nitrogens is 3. The minimum Gasteiger partial charge on any atom is -0.233 e. The van der Waals surface area contributed by atoms with Crippen LogP contribution in [0.3, 0.4) is 0 Å². The number of fused-ring (bicyclic) bond motifs is 1. The van der Waals surface area contributed by atoms with E-state index in [-0.39, 0.29) is 0 Å². The van der Waals surface area contributed by atoms with Crippen molar-refractivity contribution in [1.29, 1.82) is 0 Å². The van der Waals surface area contributed by atoms with E-state index >= 15 is 0 Å². The van der Waals surface area contributed by atoms with Gasteiger partial charge in [0.2, 0.25) is 0 Å². The first-order chi connectivity index (χ1) is 4.47. The van der Waals surface area contributed by atoms with E-state index in [9.17, 15) is 0 Å². The zero-order chi connectivity index (χ0) is 6.10. The lowest BCUT2D eigenvalue weighted by molar-refractivity contribution is 1.19. The Hall–Kier alpha value is -1.03. The second-order valence-corrected chi connectivity index (χ2v) is 2.35. The molecule has 2 heterocycles. The Labute approximate surface area is 55.4 Å². The van der Waals surface area contributed by atoms with Crippen molar-refractivity contribution in [2.24, 2.45) is 0 Å². The molecule has 4 heteroatoms. The monoisotopic (exact) mass is 136 g/mol. The molecule has 0 fully saturated rings. The Bertz CT molecular complexity index is 286. The van der Waals surface area contributed by atoms with Crippen LogP contribution in [-0.4, -0.2) is 15.0 Å². The van der Waals surface area contributed by atoms with Crippen LogP contribution in [0.25, 0.3) is 10.3 Å². The lowest BCUT2D eigenvalue weighted by Gasteiger charge is -1.78. The summed E-state index contributed by atoms with van der Waals surface area (Å²) >= 11 is 1.50. The third kappa shape index (κ3) is 0.675. The second-order valence-electron chi connectivity index (χ2n) is 1.49. The molecular formula is C5H2N3S. The Kier molecular flexibility index (Phi) is 0.927. The maximum absolute atomic E-state index is 3.95. The molecule has 0 aromatic carbocycles. The molecule has 0 saturated heterocycles. The zero-order valence-electron chi connectivity index (χ0n) is 4.40. The minimum absolute atomic E-state index is 0.731. The molecule has 1 radical (unpaired) electrons. The van der Waals surface area contributed by atoms with Crippen LogP contribution in [0.2, 0.25) is 0 Å². The van der Waals surface area contributed by atoms with E-state index in [0.717, 1.165) is 10.3 Å². The van der Waals surface area contributed by atoms with E-state index in [2.05, 4.69) is 21.1 Å². The van der Waals surface area contributed by atoms with Crippen LogP contribution in [0.4, 0.5) is 0 Å². The molecule has 0 unspecified atom stereocenters. The summed E-state index contributed by atoms with van der Waals surface area (Å²) in [5, 5.41) is 0. The Balaban J connectivity index is 2.95. The van der Waals surface area contributed by atoms with Gasteiger partial charge in [0.15, 0.2) is 5.65 Å². The van der Waals surface area contributed by atoms with E-state index in [1.54, 1.807) is 5.51 Å². The fraction of sp³-hybridized carbons (Fsp3) is 0. The molecule has 0 saturated carbocycles. The van der Waals surface area contributed by atoms with Crippen molar-refractivity contribution in [1.82, 2.24) is 15.0 Å². The van der Waals surface area contributed by atoms with Crippen molar-refractivity contribution in [3.05, 3.63) is 18.0 Å². The first kappa shape index (κ1) is 4.81. The largest absolute Gasteiger partial charge is 0.233 e. The molecule has 0 aliphatic heterocycles. The van der Waals surface area contributed by atoms with E-state index in [4.69, 9.17) is 0 Å². The van der Waals surface area contributed by atoms with Crippen molar-refractivity contribution < 1.29 is 0 Å². The quantitative estimate of drug-likeness (QED) is 0.539. The smallest absolute Gasteiger partial charge is 0.174 e. The van der Waals surface area contributed by atoms with Crippen molar-refractivity contribution in [3.8, 4) is 0 Å². The normalized spacial score (nSPS) is 10.2. The van der Waals surface area contributed by atoms with Gasteiger partial charge in [0.25, 0.3) is 0 Å². The molecule has 2 rings (SSSR count). The van der Waals surface area contributed by atoms with Gasteiger partial charge in [-0.2, -0.15) is 0 Å². The molecule has 0 N–H and O–H groups in total. The molecule has 2 aromatic heterocycles. The second kappa shape index (κ2) is 1.73. The van der Waals surface area contributed by atoms with Gasteiger partial charge in [-0.15, -0.1) is 11.3 Å². The maximum Gasteiger partial charge on any atom is 0.174 e. The van der Waals surface area contributed by atoms with Crippen LogP contribution >= 0.6 is 11.3 Å². The molecule has 43 valence electrons. The van der Waals surface area contributed by atoms with Gasteiger partial charge < -0.3 is 0 Å².